The molecule has 0 saturated carbocycles. The molecule has 0 aromatic carbocycles. The van der Waals surface area contributed by atoms with Crippen molar-refractivity contribution >= 4 is 34.8 Å². The maximum Gasteiger partial charge on any atom is 0.0557 e. The molecule has 0 aliphatic heterocycles. The lowest BCUT2D eigenvalue weighted by molar-refractivity contribution is 1.55. The van der Waals surface area contributed by atoms with E-state index < -0.39 is 0 Å². The van der Waals surface area contributed by atoms with Gasteiger partial charge in [0.15, 0.2) is 0 Å². The molecule has 0 rings (SSSR count). The first-order valence-corrected chi connectivity index (χ1v) is 3.27. The minimum Gasteiger partial charge on any atom is -0.122 e. The van der Waals surface area contributed by atoms with Gasteiger partial charge in [-0.15, -0.1) is 11.6 Å². The fraction of sp³-hybridized carbons (Fsp3) is 0.200. The maximum atomic E-state index is 5.46. The molecule has 0 aromatic heterocycles. The molecule has 0 radical (unpaired) electrons. The van der Waals surface area contributed by atoms with Gasteiger partial charge in [-0.2, -0.15) is 0 Å². The Morgan fingerprint density at radius 2 is 2.12 bits per heavy atom. The Morgan fingerprint density at radius 3 is 2.25 bits per heavy atom. The number of hydrogen-bond acceptors (Lipinski definition) is 0. The fourth-order valence-corrected chi connectivity index (χ4v) is 0.574. The fourth-order valence-electron chi connectivity index (χ4n) is 0.141. The molecule has 0 N–H and O–H groups in total. The molecule has 0 amide bonds. The summed E-state index contributed by atoms with van der Waals surface area (Å²) in [5, 5.41) is 0.418. The second kappa shape index (κ2) is 4.25. The molecular weight excluding hydrogens is 166 g/mol. The Kier molecular flexibility index (Phi) is 4.44. The minimum atomic E-state index is 0.321. The van der Waals surface area contributed by atoms with Gasteiger partial charge in [-0.05, 0) is 5.57 Å². The standard InChI is InChI=1S/C5H5Cl3/c1-4(2-6)5(8)3-7/h3H,1-2H2. The number of alkyl halides is 1. The van der Waals surface area contributed by atoms with Crippen molar-refractivity contribution in [2.75, 3.05) is 5.88 Å². The summed E-state index contributed by atoms with van der Waals surface area (Å²) in [6.07, 6.45) is 0. The summed E-state index contributed by atoms with van der Waals surface area (Å²) < 4.78 is 0. The lowest BCUT2D eigenvalue weighted by atomic mass is 10.3. The minimum absolute atomic E-state index is 0.321. The molecule has 3 heteroatoms. The SMILES string of the molecule is C=C(CCl)C(Cl)=CCl. The van der Waals surface area contributed by atoms with Crippen LogP contribution >= 0.6 is 34.8 Å². The molecule has 0 atom stereocenters. The molecule has 0 bridgehead atoms. The van der Waals surface area contributed by atoms with Gasteiger partial charge in [-0.3, -0.25) is 0 Å². The summed E-state index contributed by atoms with van der Waals surface area (Å²) in [6.45, 7) is 3.53. The topological polar surface area (TPSA) is 0 Å². The van der Waals surface area contributed by atoms with Crippen molar-refractivity contribution in [1.29, 1.82) is 0 Å². The second-order valence-electron chi connectivity index (χ2n) is 1.19. The van der Waals surface area contributed by atoms with Gasteiger partial charge in [0.2, 0.25) is 0 Å². The van der Waals surface area contributed by atoms with Crippen LogP contribution < -0.4 is 0 Å². The molecule has 0 saturated heterocycles. The number of rotatable bonds is 2. The Morgan fingerprint density at radius 1 is 1.62 bits per heavy atom. The summed E-state index contributed by atoms with van der Waals surface area (Å²) >= 11 is 16.0. The molecule has 0 heterocycles. The van der Waals surface area contributed by atoms with Crippen LogP contribution in [-0.4, -0.2) is 5.88 Å². The predicted molar refractivity (Wildman–Crippen MR) is 39.6 cm³/mol. The molecule has 0 spiro atoms. The lowest BCUT2D eigenvalue weighted by Crippen LogP contribution is -1.78. The van der Waals surface area contributed by atoms with Gasteiger partial charge in [-0.25, -0.2) is 0 Å². The summed E-state index contributed by atoms with van der Waals surface area (Å²) in [7, 11) is 0. The van der Waals surface area contributed by atoms with E-state index in [4.69, 9.17) is 34.8 Å². The molecule has 0 unspecified atom stereocenters. The van der Waals surface area contributed by atoms with Crippen LogP contribution in [-0.2, 0) is 0 Å². The van der Waals surface area contributed by atoms with E-state index in [1.807, 2.05) is 0 Å². The van der Waals surface area contributed by atoms with Gasteiger partial charge in [0.1, 0.15) is 0 Å². The predicted octanol–water partition coefficient (Wildman–Crippen LogP) is 3.10. The van der Waals surface area contributed by atoms with Crippen molar-refractivity contribution in [2.45, 2.75) is 0 Å². The molecule has 0 fully saturated rings. The highest BCUT2D eigenvalue weighted by molar-refractivity contribution is 6.39. The Bertz CT molecular complexity index is 115. The molecule has 0 aromatic rings. The van der Waals surface area contributed by atoms with Crippen molar-refractivity contribution in [3.8, 4) is 0 Å². The first-order chi connectivity index (χ1) is 3.72. The second-order valence-corrected chi connectivity index (χ2v) is 2.09. The van der Waals surface area contributed by atoms with E-state index in [9.17, 15) is 0 Å². The number of halogens is 3. The normalized spacial score (nSPS) is 11.6. The van der Waals surface area contributed by atoms with Crippen LogP contribution in [0.25, 0.3) is 0 Å². The Balaban J connectivity index is 3.83. The van der Waals surface area contributed by atoms with Gasteiger partial charge in [-0.1, -0.05) is 29.8 Å². The van der Waals surface area contributed by atoms with E-state index >= 15 is 0 Å². The molecule has 0 aliphatic rings. The van der Waals surface area contributed by atoms with Gasteiger partial charge >= 0.3 is 0 Å². The largest absolute Gasteiger partial charge is 0.122 e. The monoisotopic (exact) mass is 170 g/mol. The van der Waals surface area contributed by atoms with Crippen molar-refractivity contribution < 1.29 is 0 Å². The summed E-state index contributed by atoms with van der Waals surface area (Å²) in [4.78, 5) is 0. The molecule has 0 aliphatic carbocycles. The van der Waals surface area contributed by atoms with Gasteiger partial charge in [0, 0.05) is 11.4 Å². The van der Waals surface area contributed by atoms with Crippen LogP contribution in [0.4, 0.5) is 0 Å². The van der Waals surface area contributed by atoms with Crippen LogP contribution in [0, 0.1) is 0 Å². The zero-order chi connectivity index (χ0) is 6.57. The third kappa shape index (κ3) is 2.61. The van der Waals surface area contributed by atoms with Crippen molar-refractivity contribution in [2.24, 2.45) is 0 Å². The molecule has 46 valence electrons. The van der Waals surface area contributed by atoms with Gasteiger partial charge in [0.25, 0.3) is 0 Å². The summed E-state index contributed by atoms with van der Waals surface area (Å²) in [5.41, 5.74) is 1.88. The Labute approximate surface area is 63.7 Å². The lowest BCUT2D eigenvalue weighted by Gasteiger charge is -1.92. The van der Waals surface area contributed by atoms with Crippen molar-refractivity contribution in [3.05, 3.63) is 22.7 Å². The van der Waals surface area contributed by atoms with Crippen LogP contribution in [0.15, 0.2) is 22.7 Å². The van der Waals surface area contributed by atoms with Gasteiger partial charge in [0.05, 0.1) is 5.03 Å². The third-order valence-electron chi connectivity index (χ3n) is 0.595. The average molecular weight is 171 g/mol. The van der Waals surface area contributed by atoms with E-state index in [2.05, 4.69) is 6.58 Å². The van der Waals surface area contributed by atoms with Gasteiger partial charge < -0.3 is 0 Å². The van der Waals surface area contributed by atoms with Crippen molar-refractivity contribution in [1.82, 2.24) is 0 Å². The smallest absolute Gasteiger partial charge is 0.0557 e. The number of allylic oxidation sites excluding steroid dienone is 2. The van der Waals surface area contributed by atoms with E-state index in [0.717, 1.165) is 0 Å². The van der Waals surface area contributed by atoms with E-state index in [0.29, 0.717) is 16.5 Å². The molecule has 0 nitrogen and oxygen atoms in total. The highest BCUT2D eigenvalue weighted by Crippen LogP contribution is 2.14. The van der Waals surface area contributed by atoms with Crippen molar-refractivity contribution in [3.63, 3.8) is 0 Å². The average Bonchev–Trinajstić information content (AvgIpc) is 1.84. The quantitative estimate of drug-likeness (QED) is 0.442. The van der Waals surface area contributed by atoms with E-state index in [1.165, 1.54) is 5.54 Å². The number of hydrogen-bond donors (Lipinski definition) is 0. The highest BCUT2D eigenvalue weighted by Gasteiger charge is 1.93. The molecule has 8 heavy (non-hydrogen) atoms. The summed E-state index contributed by atoms with van der Waals surface area (Å²) in [6, 6.07) is 0. The molecular formula is C5H5Cl3. The van der Waals surface area contributed by atoms with Crippen LogP contribution in [0.2, 0.25) is 0 Å². The maximum absolute atomic E-state index is 5.46. The zero-order valence-corrected chi connectivity index (χ0v) is 6.39. The van der Waals surface area contributed by atoms with E-state index in [1.54, 1.807) is 0 Å². The third-order valence-corrected chi connectivity index (χ3v) is 1.62. The first kappa shape index (κ1) is 8.35. The van der Waals surface area contributed by atoms with E-state index in [-0.39, 0.29) is 0 Å². The first-order valence-electron chi connectivity index (χ1n) is 1.92. The summed E-state index contributed by atoms with van der Waals surface area (Å²) in [5.74, 6) is 0.321. The van der Waals surface area contributed by atoms with Crippen LogP contribution in [0.1, 0.15) is 0 Å². The highest BCUT2D eigenvalue weighted by atomic mass is 35.5. The van der Waals surface area contributed by atoms with Crippen LogP contribution in [0.5, 0.6) is 0 Å². The van der Waals surface area contributed by atoms with Crippen LogP contribution in [0.3, 0.4) is 0 Å². The Hall–Kier alpha value is 0.350. The zero-order valence-electron chi connectivity index (χ0n) is 4.13.